The van der Waals surface area contributed by atoms with Crippen LogP contribution in [0.5, 0.6) is 0 Å². The van der Waals surface area contributed by atoms with Crippen molar-refractivity contribution in [3.05, 3.63) is 41.0 Å². The van der Waals surface area contributed by atoms with E-state index in [1.165, 1.54) is 16.7 Å². The highest BCUT2D eigenvalue weighted by Gasteiger charge is 2.43. The monoisotopic (exact) mass is 440 g/mol. The van der Waals surface area contributed by atoms with Gasteiger partial charge in [-0.05, 0) is 62.6 Å². The summed E-state index contributed by atoms with van der Waals surface area (Å²) in [4.78, 5) is 39.4. The van der Waals surface area contributed by atoms with Gasteiger partial charge in [0.15, 0.2) is 5.78 Å². The zero-order chi connectivity index (χ0) is 21.8. The number of nitrogens with one attached hydrogen (secondary N) is 1. The molecule has 1 aromatic rings. The Morgan fingerprint density at radius 1 is 1.10 bits per heavy atom. The Morgan fingerprint density at radius 2 is 1.94 bits per heavy atom. The van der Waals surface area contributed by atoms with Crippen molar-refractivity contribution < 1.29 is 14.4 Å². The van der Waals surface area contributed by atoms with Gasteiger partial charge in [0.25, 0.3) is 0 Å². The third-order valence-corrected chi connectivity index (χ3v) is 7.25. The van der Waals surface area contributed by atoms with Gasteiger partial charge in [-0.3, -0.25) is 14.4 Å². The van der Waals surface area contributed by atoms with Crippen LogP contribution in [0, 0.1) is 5.92 Å². The van der Waals surface area contributed by atoms with Gasteiger partial charge in [-0.25, -0.2) is 0 Å². The molecule has 0 saturated carbocycles. The summed E-state index contributed by atoms with van der Waals surface area (Å²) in [7, 11) is 0. The fourth-order valence-corrected chi connectivity index (χ4v) is 5.61. The molecule has 6 heteroatoms. The van der Waals surface area contributed by atoms with Crippen LogP contribution in [0.3, 0.4) is 0 Å². The maximum atomic E-state index is 13.1. The van der Waals surface area contributed by atoms with E-state index in [2.05, 4.69) is 48.3 Å². The molecule has 0 radical (unpaired) electrons. The normalized spacial score (nSPS) is 24.9. The van der Waals surface area contributed by atoms with Gasteiger partial charge < -0.3 is 10.2 Å². The van der Waals surface area contributed by atoms with E-state index in [0.717, 1.165) is 38.5 Å². The van der Waals surface area contributed by atoms with Crippen LogP contribution in [0.4, 0.5) is 0 Å². The Bertz CT molecular complexity index is 881. The van der Waals surface area contributed by atoms with Gasteiger partial charge in [0.05, 0.1) is 12.1 Å². The molecule has 4 rings (SSSR count). The molecule has 2 aliphatic heterocycles. The molecule has 1 aliphatic carbocycles. The van der Waals surface area contributed by atoms with Crippen molar-refractivity contribution >= 4 is 35.5 Å². The van der Waals surface area contributed by atoms with Gasteiger partial charge in [-0.1, -0.05) is 42.3 Å². The molecule has 1 N–H and O–H groups in total. The van der Waals surface area contributed by atoms with Crippen LogP contribution in [0.1, 0.15) is 62.5 Å². The molecule has 1 aromatic carbocycles. The molecule has 1 amide bonds. The highest BCUT2D eigenvalue weighted by molar-refractivity contribution is 7.96. The number of carbonyl (C=O) groups excluding carboxylic acids is 3. The fourth-order valence-electron chi connectivity index (χ4n) is 5.34. The van der Waals surface area contributed by atoms with E-state index in [0.29, 0.717) is 32.4 Å². The molecule has 2 saturated heterocycles. The summed E-state index contributed by atoms with van der Waals surface area (Å²) >= 11 is 3.93. The molecule has 0 aromatic heterocycles. The molecule has 1 unspecified atom stereocenters. The van der Waals surface area contributed by atoms with Gasteiger partial charge in [0.1, 0.15) is 0 Å². The quantitative estimate of drug-likeness (QED) is 0.455. The van der Waals surface area contributed by atoms with Crippen LogP contribution in [-0.4, -0.2) is 46.9 Å². The average molecular weight is 441 g/mol. The number of hydrogen-bond donors (Lipinski definition) is 2. The van der Waals surface area contributed by atoms with Crippen molar-refractivity contribution in [1.82, 2.24) is 10.2 Å². The van der Waals surface area contributed by atoms with Gasteiger partial charge in [0.2, 0.25) is 11.0 Å². The molecule has 2 heterocycles. The molecular weight excluding hydrogens is 408 g/mol. The SMILES string of the molecule is O=C(S)[C@H]1NCCC1C(=O)[C@@H]1CCCN1C(=O)CCCCCC1=Cc2ccccc2C1. The average Bonchev–Trinajstić information content (AvgIpc) is 3.51. The van der Waals surface area contributed by atoms with E-state index in [9.17, 15) is 14.4 Å². The predicted molar refractivity (Wildman–Crippen MR) is 125 cm³/mol. The van der Waals surface area contributed by atoms with Crippen molar-refractivity contribution in [2.45, 2.75) is 69.9 Å². The molecule has 3 aliphatic rings. The van der Waals surface area contributed by atoms with Crippen molar-refractivity contribution in [3.63, 3.8) is 0 Å². The summed E-state index contributed by atoms with van der Waals surface area (Å²) in [6.07, 6.45) is 10.1. The number of benzene rings is 1. The number of Topliss-reactive ketones (excluding diaryl/α,β-unsaturated/α-hetero) is 1. The number of thiol groups is 1. The summed E-state index contributed by atoms with van der Waals surface area (Å²) in [6.45, 7) is 1.30. The van der Waals surface area contributed by atoms with Crippen LogP contribution >= 0.6 is 12.6 Å². The second kappa shape index (κ2) is 10.1. The number of rotatable bonds is 9. The number of carbonyl (C=O) groups is 3. The number of amides is 1. The highest BCUT2D eigenvalue weighted by Crippen LogP contribution is 2.29. The molecule has 0 bridgehead atoms. The third-order valence-electron chi connectivity index (χ3n) is 6.98. The molecular formula is C25H32N2O3S. The molecule has 166 valence electrons. The number of allylic oxidation sites excluding steroid dienone is 1. The van der Waals surface area contributed by atoms with Gasteiger partial charge >= 0.3 is 0 Å². The van der Waals surface area contributed by atoms with Crippen molar-refractivity contribution in [1.29, 1.82) is 0 Å². The lowest BCUT2D eigenvalue weighted by atomic mass is 9.90. The molecule has 5 nitrogen and oxygen atoms in total. The van der Waals surface area contributed by atoms with Crippen LogP contribution in [0.15, 0.2) is 29.8 Å². The van der Waals surface area contributed by atoms with E-state index >= 15 is 0 Å². The molecule has 0 spiro atoms. The molecule has 3 atom stereocenters. The van der Waals surface area contributed by atoms with E-state index in [1.807, 2.05) is 0 Å². The Kier molecular flexibility index (Phi) is 7.28. The Labute approximate surface area is 190 Å². The second-order valence-electron chi connectivity index (χ2n) is 9.05. The molecule has 31 heavy (non-hydrogen) atoms. The Hall–Kier alpha value is -1.92. The van der Waals surface area contributed by atoms with Crippen LogP contribution < -0.4 is 5.32 Å². The van der Waals surface area contributed by atoms with Gasteiger partial charge in [-0.2, -0.15) is 0 Å². The maximum Gasteiger partial charge on any atom is 0.223 e. The number of ketones is 1. The zero-order valence-electron chi connectivity index (χ0n) is 18.0. The van der Waals surface area contributed by atoms with Crippen LogP contribution in [0.2, 0.25) is 0 Å². The fraction of sp³-hybridized carbons (Fsp3) is 0.560. The zero-order valence-corrected chi connectivity index (χ0v) is 18.9. The summed E-state index contributed by atoms with van der Waals surface area (Å²) in [6, 6.07) is 7.67. The number of unbranched alkanes of at least 4 members (excludes halogenated alkanes) is 2. The minimum absolute atomic E-state index is 0.0380. The largest absolute Gasteiger partial charge is 0.333 e. The van der Waals surface area contributed by atoms with Crippen LogP contribution in [-0.2, 0) is 20.8 Å². The van der Waals surface area contributed by atoms with Crippen molar-refractivity contribution in [2.24, 2.45) is 5.92 Å². The first kappa shape index (κ1) is 22.3. The minimum atomic E-state index is -0.510. The first-order valence-corrected chi connectivity index (χ1v) is 12.1. The topological polar surface area (TPSA) is 66.5 Å². The van der Waals surface area contributed by atoms with E-state index in [1.54, 1.807) is 4.90 Å². The Balaban J connectivity index is 1.20. The lowest BCUT2D eigenvalue weighted by molar-refractivity contribution is -0.139. The summed E-state index contributed by atoms with van der Waals surface area (Å²) in [5.41, 5.74) is 4.24. The first-order chi connectivity index (χ1) is 15.0. The van der Waals surface area contributed by atoms with Gasteiger partial charge in [0, 0.05) is 18.9 Å². The predicted octanol–water partition coefficient (Wildman–Crippen LogP) is 3.57. The summed E-state index contributed by atoms with van der Waals surface area (Å²) < 4.78 is 0. The third kappa shape index (κ3) is 5.12. The number of nitrogens with zero attached hydrogens (tertiary/aromatic N) is 1. The highest BCUT2D eigenvalue weighted by atomic mass is 32.1. The van der Waals surface area contributed by atoms with Crippen molar-refractivity contribution in [2.75, 3.05) is 13.1 Å². The summed E-state index contributed by atoms with van der Waals surface area (Å²) in [5.74, 6) is -0.230. The Morgan fingerprint density at radius 3 is 2.74 bits per heavy atom. The lowest BCUT2D eigenvalue weighted by Crippen LogP contribution is -2.46. The van der Waals surface area contributed by atoms with Crippen molar-refractivity contribution in [3.8, 4) is 0 Å². The standard InChI is InChI=1S/C25H32N2O3S/c28-22(11-3-1-2-7-17-15-18-8-4-5-9-19(18)16-17)27-14-6-10-21(27)24(29)20-12-13-26-23(20)25(30)31/h4-5,8-9,15,20-21,23,26H,1-3,6-7,10-14,16H2,(H,30,31)/t20?,21-,23-/m0/s1. The van der Waals surface area contributed by atoms with Gasteiger partial charge in [-0.15, -0.1) is 12.6 Å². The maximum absolute atomic E-state index is 13.1. The number of fused-ring (bicyclic) bond motifs is 1. The minimum Gasteiger partial charge on any atom is -0.333 e. The van der Waals surface area contributed by atoms with E-state index in [-0.39, 0.29) is 28.8 Å². The number of likely N-dealkylation sites (tertiary alicyclic amines) is 1. The second-order valence-corrected chi connectivity index (χ2v) is 9.49. The first-order valence-electron chi connectivity index (χ1n) is 11.6. The molecule has 2 fully saturated rings. The number of hydrogen-bond acceptors (Lipinski definition) is 4. The van der Waals surface area contributed by atoms with Crippen LogP contribution in [0.25, 0.3) is 6.08 Å². The summed E-state index contributed by atoms with van der Waals surface area (Å²) in [5, 5.41) is 2.79. The lowest BCUT2D eigenvalue weighted by Gasteiger charge is -2.27. The van der Waals surface area contributed by atoms with E-state index < -0.39 is 6.04 Å². The van der Waals surface area contributed by atoms with E-state index in [4.69, 9.17) is 0 Å². The smallest absolute Gasteiger partial charge is 0.223 e.